The molecule has 2 heterocycles. The van der Waals surface area contributed by atoms with Crippen molar-refractivity contribution in [2.24, 2.45) is 0 Å². The van der Waals surface area contributed by atoms with E-state index in [0.29, 0.717) is 12.1 Å². The van der Waals surface area contributed by atoms with E-state index in [-0.39, 0.29) is 17.6 Å². The van der Waals surface area contributed by atoms with Crippen LogP contribution in [0.15, 0.2) is 24.3 Å². The van der Waals surface area contributed by atoms with Crippen LogP contribution in [-0.2, 0) is 0 Å². The molecule has 2 aromatic rings. The third-order valence-corrected chi connectivity index (χ3v) is 4.36. The number of nitro groups is 1. The number of nitro benzene ring substituents is 1. The van der Waals surface area contributed by atoms with E-state index in [1.165, 1.54) is 24.3 Å². The zero-order valence-electron chi connectivity index (χ0n) is 13.1. The number of aromatic amines is 1. The number of aromatic nitrogens is 2. The van der Waals surface area contributed by atoms with Crippen LogP contribution < -0.4 is 0 Å². The van der Waals surface area contributed by atoms with Crippen LogP contribution in [0.5, 0.6) is 0 Å². The number of likely N-dealkylation sites (tertiary alicyclic amines) is 1. The summed E-state index contributed by atoms with van der Waals surface area (Å²) >= 11 is 0. The molecule has 1 atom stereocenters. The summed E-state index contributed by atoms with van der Waals surface area (Å²) in [7, 11) is 0. The van der Waals surface area contributed by atoms with Gasteiger partial charge in [-0.1, -0.05) is 0 Å². The van der Waals surface area contributed by atoms with Crippen LogP contribution in [0.3, 0.4) is 0 Å². The quantitative estimate of drug-likeness (QED) is 0.696. The Morgan fingerprint density at radius 1 is 1.35 bits per heavy atom. The maximum absolute atomic E-state index is 12.8. The first-order chi connectivity index (χ1) is 11.0. The van der Waals surface area contributed by atoms with E-state index in [1.807, 2.05) is 18.7 Å². The van der Waals surface area contributed by atoms with E-state index in [4.69, 9.17) is 0 Å². The average Bonchev–Trinajstić information content (AvgIpc) is 3.13. The molecule has 1 aliphatic heterocycles. The molecule has 0 bridgehead atoms. The van der Waals surface area contributed by atoms with Gasteiger partial charge in [0.05, 0.1) is 16.7 Å². The zero-order chi connectivity index (χ0) is 16.6. The van der Waals surface area contributed by atoms with Crippen LogP contribution >= 0.6 is 0 Å². The molecule has 0 unspecified atom stereocenters. The van der Waals surface area contributed by atoms with E-state index in [1.54, 1.807) is 0 Å². The van der Waals surface area contributed by atoms with Gasteiger partial charge in [-0.2, -0.15) is 5.10 Å². The van der Waals surface area contributed by atoms with Crippen molar-refractivity contribution in [3.63, 3.8) is 0 Å². The normalized spacial score (nSPS) is 17.5. The molecule has 0 aliphatic carbocycles. The molecule has 23 heavy (non-hydrogen) atoms. The van der Waals surface area contributed by atoms with Crippen molar-refractivity contribution in [2.45, 2.75) is 32.7 Å². The summed E-state index contributed by atoms with van der Waals surface area (Å²) < 4.78 is 0. The Kier molecular flexibility index (Phi) is 3.85. The maximum atomic E-state index is 12.8. The Bertz CT molecular complexity index is 732. The summed E-state index contributed by atoms with van der Waals surface area (Å²) in [6.07, 6.45) is 1.84. The first kappa shape index (κ1) is 15.2. The van der Waals surface area contributed by atoms with Crippen molar-refractivity contribution in [3.05, 3.63) is 56.9 Å². The number of hydrogen-bond donors (Lipinski definition) is 1. The smallest absolute Gasteiger partial charge is 0.269 e. The molecule has 1 N–H and O–H groups in total. The molecule has 1 aromatic heterocycles. The van der Waals surface area contributed by atoms with E-state index in [0.717, 1.165) is 29.8 Å². The highest BCUT2D eigenvalue weighted by atomic mass is 16.6. The number of nitrogens with one attached hydrogen (secondary N) is 1. The number of rotatable bonds is 3. The van der Waals surface area contributed by atoms with Gasteiger partial charge in [0.15, 0.2) is 0 Å². The van der Waals surface area contributed by atoms with Crippen LogP contribution in [0.25, 0.3) is 0 Å². The number of carbonyl (C=O) groups excluding carboxylic acids is 1. The van der Waals surface area contributed by atoms with E-state index >= 15 is 0 Å². The highest BCUT2D eigenvalue weighted by Crippen LogP contribution is 2.35. The zero-order valence-corrected chi connectivity index (χ0v) is 13.1. The lowest BCUT2D eigenvalue weighted by molar-refractivity contribution is -0.384. The summed E-state index contributed by atoms with van der Waals surface area (Å²) in [5.74, 6) is -0.0950. The monoisotopic (exact) mass is 314 g/mol. The predicted molar refractivity (Wildman–Crippen MR) is 84.2 cm³/mol. The number of carbonyl (C=O) groups is 1. The Labute approximate surface area is 133 Å². The molecule has 0 saturated carbocycles. The number of amides is 1. The second-order valence-corrected chi connectivity index (χ2v) is 5.81. The van der Waals surface area contributed by atoms with Crippen molar-refractivity contribution >= 4 is 11.6 Å². The van der Waals surface area contributed by atoms with Gasteiger partial charge in [-0.15, -0.1) is 0 Å². The third-order valence-electron chi connectivity index (χ3n) is 4.36. The fourth-order valence-electron chi connectivity index (χ4n) is 3.25. The van der Waals surface area contributed by atoms with Gasteiger partial charge >= 0.3 is 0 Å². The first-order valence-corrected chi connectivity index (χ1v) is 7.56. The largest absolute Gasteiger partial charge is 0.331 e. The number of benzene rings is 1. The van der Waals surface area contributed by atoms with E-state index in [2.05, 4.69) is 10.2 Å². The van der Waals surface area contributed by atoms with Crippen LogP contribution in [0.2, 0.25) is 0 Å². The molecule has 7 nitrogen and oxygen atoms in total. The minimum atomic E-state index is -0.467. The fraction of sp³-hybridized carbons (Fsp3) is 0.375. The molecular formula is C16H18N4O3. The lowest BCUT2D eigenvalue weighted by Crippen LogP contribution is -2.31. The van der Waals surface area contributed by atoms with Crippen molar-refractivity contribution in [2.75, 3.05) is 6.54 Å². The molecule has 0 radical (unpaired) electrons. The van der Waals surface area contributed by atoms with Gasteiger partial charge in [0.1, 0.15) is 0 Å². The van der Waals surface area contributed by atoms with Gasteiger partial charge in [0.25, 0.3) is 11.6 Å². The number of nitrogens with zero attached hydrogens (tertiary/aromatic N) is 3. The molecule has 120 valence electrons. The fourth-order valence-corrected chi connectivity index (χ4v) is 3.25. The molecule has 3 rings (SSSR count). The Balaban J connectivity index is 1.87. The van der Waals surface area contributed by atoms with Gasteiger partial charge in [0, 0.05) is 35.5 Å². The van der Waals surface area contributed by atoms with Gasteiger partial charge in [-0.25, -0.2) is 0 Å². The van der Waals surface area contributed by atoms with Crippen LogP contribution in [0, 0.1) is 24.0 Å². The summed E-state index contributed by atoms with van der Waals surface area (Å²) in [5.41, 5.74) is 3.44. The summed E-state index contributed by atoms with van der Waals surface area (Å²) in [6.45, 7) is 4.58. The van der Waals surface area contributed by atoms with Crippen molar-refractivity contribution < 1.29 is 9.72 Å². The molecular weight excluding hydrogens is 296 g/mol. The third kappa shape index (κ3) is 2.69. The average molecular weight is 314 g/mol. The Morgan fingerprint density at radius 3 is 2.61 bits per heavy atom. The number of H-pyrrole nitrogens is 1. The Hall–Kier alpha value is -2.70. The maximum Gasteiger partial charge on any atom is 0.269 e. The molecule has 7 heteroatoms. The molecule has 1 amide bonds. The summed E-state index contributed by atoms with van der Waals surface area (Å²) in [5, 5.41) is 17.9. The van der Waals surface area contributed by atoms with Crippen molar-refractivity contribution in [3.8, 4) is 0 Å². The lowest BCUT2D eigenvalue weighted by Gasteiger charge is -2.25. The standard InChI is InChI=1S/C16H18N4O3/c1-10-15(11(2)18-17-10)14-4-3-9-19(14)16(21)12-5-7-13(8-6-12)20(22)23/h5-8,14H,3-4,9H2,1-2H3,(H,17,18)/t14-/m1/s1. The second-order valence-electron chi connectivity index (χ2n) is 5.81. The summed E-state index contributed by atoms with van der Waals surface area (Å²) in [6, 6.07) is 5.78. The highest BCUT2D eigenvalue weighted by Gasteiger charge is 2.33. The van der Waals surface area contributed by atoms with Gasteiger partial charge in [0.2, 0.25) is 0 Å². The second kappa shape index (κ2) is 5.83. The van der Waals surface area contributed by atoms with Crippen LogP contribution in [0.4, 0.5) is 5.69 Å². The van der Waals surface area contributed by atoms with Crippen LogP contribution in [-0.4, -0.2) is 32.5 Å². The minimum Gasteiger partial charge on any atom is -0.331 e. The Morgan fingerprint density at radius 2 is 2.04 bits per heavy atom. The van der Waals surface area contributed by atoms with E-state index in [9.17, 15) is 14.9 Å². The number of hydrogen-bond acceptors (Lipinski definition) is 4. The van der Waals surface area contributed by atoms with E-state index < -0.39 is 4.92 Å². The molecule has 1 saturated heterocycles. The first-order valence-electron chi connectivity index (χ1n) is 7.56. The highest BCUT2D eigenvalue weighted by molar-refractivity contribution is 5.95. The molecule has 1 aromatic carbocycles. The molecule has 1 fully saturated rings. The minimum absolute atomic E-state index is 0.0106. The van der Waals surface area contributed by atoms with Crippen molar-refractivity contribution in [1.29, 1.82) is 0 Å². The van der Waals surface area contributed by atoms with Gasteiger partial charge in [-0.05, 0) is 38.8 Å². The lowest BCUT2D eigenvalue weighted by atomic mass is 10.0. The summed E-state index contributed by atoms with van der Waals surface area (Å²) in [4.78, 5) is 24.9. The SMILES string of the molecule is Cc1n[nH]c(C)c1[C@H]1CCCN1C(=O)c1ccc([N+](=O)[O-])cc1. The number of non-ortho nitro benzene ring substituents is 1. The number of aryl methyl sites for hydroxylation is 2. The van der Waals surface area contributed by atoms with Gasteiger partial charge in [-0.3, -0.25) is 20.0 Å². The van der Waals surface area contributed by atoms with Gasteiger partial charge < -0.3 is 4.90 Å². The van der Waals surface area contributed by atoms with Crippen LogP contribution in [0.1, 0.15) is 46.2 Å². The topological polar surface area (TPSA) is 92.1 Å². The molecule has 1 aliphatic rings. The molecule has 0 spiro atoms. The predicted octanol–water partition coefficient (Wildman–Crippen LogP) is 2.91. The van der Waals surface area contributed by atoms with Crippen molar-refractivity contribution in [1.82, 2.24) is 15.1 Å².